The molecular weight excluding hydrogens is 358 g/mol. The van der Waals surface area contributed by atoms with E-state index < -0.39 is 11.9 Å². The third kappa shape index (κ3) is 3.36. The first-order valence-corrected chi connectivity index (χ1v) is 8.55. The fourth-order valence-corrected chi connectivity index (χ4v) is 3.21. The summed E-state index contributed by atoms with van der Waals surface area (Å²) in [6, 6.07) is 2.72. The smallest absolute Gasteiger partial charge is 0.308 e. The first-order valence-electron chi connectivity index (χ1n) is 7.67. The lowest BCUT2D eigenvalue weighted by molar-refractivity contribution is -0.132. The van der Waals surface area contributed by atoms with Gasteiger partial charge in [0.25, 0.3) is 0 Å². The van der Waals surface area contributed by atoms with Gasteiger partial charge in [0.2, 0.25) is 5.43 Å². The van der Waals surface area contributed by atoms with Gasteiger partial charge in [0.1, 0.15) is 28.2 Å². The molecule has 0 aliphatic rings. The monoisotopic (exact) mass is 373 g/mol. The topological polar surface area (TPSA) is 95.7 Å². The van der Waals surface area contributed by atoms with E-state index in [0.29, 0.717) is 17.0 Å². The molecule has 2 heterocycles. The second-order valence-electron chi connectivity index (χ2n) is 5.60. The molecule has 0 amide bonds. The van der Waals surface area contributed by atoms with Crippen LogP contribution in [-0.2, 0) is 9.59 Å². The maximum atomic E-state index is 13.1. The summed E-state index contributed by atoms with van der Waals surface area (Å²) < 4.78 is 16.0. The fourth-order valence-electron chi connectivity index (χ4n) is 2.61. The van der Waals surface area contributed by atoms with Crippen molar-refractivity contribution < 1.29 is 23.5 Å². The first kappa shape index (κ1) is 17.8. The number of aryl methyl sites for hydroxylation is 2. The van der Waals surface area contributed by atoms with E-state index in [1.165, 1.54) is 37.3 Å². The molecule has 134 valence electrons. The SMILES string of the molecule is CC(=O)Oc1cc(OC(C)=O)c2c(=O)c(-c3csc(C)n3)c(C)oc2c1. The maximum absolute atomic E-state index is 13.1. The molecule has 2 aromatic heterocycles. The molecule has 0 spiro atoms. The van der Waals surface area contributed by atoms with E-state index in [4.69, 9.17) is 13.9 Å². The summed E-state index contributed by atoms with van der Waals surface area (Å²) in [5.74, 6) is -0.722. The van der Waals surface area contributed by atoms with Crippen LogP contribution in [0.2, 0.25) is 0 Å². The van der Waals surface area contributed by atoms with Crippen molar-refractivity contribution in [1.29, 1.82) is 0 Å². The van der Waals surface area contributed by atoms with Crippen molar-refractivity contribution in [2.45, 2.75) is 27.7 Å². The zero-order valence-electron chi connectivity index (χ0n) is 14.5. The lowest BCUT2D eigenvalue weighted by Crippen LogP contribution is -2.12. The van der Waals surface area contributed by atoms with Gasteiger partial charge in [0.05, 0.1) is 16.3 Å². The second kappa shape index (κ2) is 6.72. The largest absolute Gasteiger partial charge is 0.460 e. The molecule has 7 nitrogen and oxygen atoms in total. The number of aromatic nitrogens is 1. The van der Waals surface area contributed by atoms with E-state index in [2.05, 4.69) is 4.98 Å². The summed E-state index contributed by atoms with van der Waals surface area (Å²) >= 11 is 1.41. The molecule has 0 bridgehead atoms. The summed E-state index contributed by atoms with van der Waals surface area (Å²) in [5, 5.41) is 2.66. The van der Waals surface area contributed by atoms with Crippen molar-refractivity contribution in [2.24, 2.45) is 0 Å². The summed E-state index contributed by atoms with van der Waals surface area (Å²) in [6.07, 6.45) is 0. The molecule has 0 saturated carbocycles. The Labute approximate surface area is 152 Å². The number of rotatable bonds is 3. The van der Waals surface area contributed by atoms with E-state index in [-0.39, 0.29) is 27.9 Å². The van der Waals surface area contributed by atoms with Crippen LogP contribution >= 0.6 is 11.3 Å². The van der Waals surface area contributed by atoms with Gasteiger partial charge in [-0.05, 0) is 13.8 Å². The zero-order valence-corrected chi connectivity index (χ0v) is 15.4. The summed E-state index contributed by atoms with van der Waals surface area (Å²) in [4.78, 5) is 40.1. The van der Waals surface area contributed by atoms with E-state index in [1.54, 1.807) is 12.3 Å². The van der Waals surface area contributed by atoms with Crippen molar-refractivity contribution in [1.82, 2.24) is 4.98 Å². The minimum absolute atomic E-state index is 0.0341. The summed E-state index contributed by atoms with van der Waals surface area (Å²) in [5.41, 5.74) is 0.576. The quantitative estimate of drug-likeness (QED) is 0.513. The Bertz CT molecular complexity index is 1090. The first-order chi connectivity index (χ1) is 12.3. The molecule has 0 unspecified atom stereocenters. The highest BCUT2D eigenvalue weighted by molar-refractivity contribution is 7.09. The fraction of sp³-hybridized carbons (Fsp3) is 0.222. The number of carbonyl (C=O) groups is 2. The van der Waals surface area contributed by atoms with Gasteiger partial charge in [0.15, 0.2) is 0 Å². The van der Waals surface area contributed by atoms with Crippen LogP contribution in [0.1, 0.15) is 24.6 Å². The van der Waals surface area contributed by atoms with E-state index in [9.17, 15) is 14.4 Å². The lowest BCUT2D eigenvalue weighted by Gasteiger charge is -2.11. The maximum Gasteiger partial charge on any atom is 0.308 e. The number of carbonyl (C=O) groups excluding carboxylic acids is 2. The Morgan fingerprint density at radius 3 is 2.38 bits per heavy atom. The predicted octanol–water partition coefficient (Wildman–Crippen LogP) is 3.38. The number of ether oxygens (including phenoxy) is 2. The predicted molar refractivity (Wildman–Crippen MR) is 95.7 cm³/mol. The van der Waals surface area contributed by atoms with Crippen molar-refractivity contribution in [3.05, 3.63) is 38.5 Å². The van der Waals surface area contributed by atoms with Crippen molar-refractivity contribution in [3.8, 4) is 22.8 Å². The van der Waals surface area contributed by atoms with Gasteiger partial charge >= 0.3 is 11.9 Å². The van der Waals surface area contributed by atoms with Crippen LogP contribution in [-0.4, -0.2) is 16.9 Å². The van der Waals surface area contributed by atoms with E-state index in [1.807, 2.05) is 6.92 Å². The Morgan fingerprint density at radius 1 is 1.12 bits per heavy atom. The van der Waals surface area contributed by atoms with Gasteiger partial charge in [-0.15, -0.1) is 11.3 Å². The lowest BCUT2D eigenvalue weighted by atomic mass is 10.1. The molecule has 3 aromatic rings. The van der Waals surface area contributed by atoms with Gasteiger partial charge in [-0.3, -0.25) is 14.4 Å². The van der Waals surface area contributed by atoms with Gasteiger partial charge in [0, 0.05) is 31.4 Å². The Kier molecular flexibility index (Phi) is 4.60. The normalized spacial score (nSPS) is 10.8. The Morgan fingerprint density at radius 2 is 1.81 bits per heavy atom. The molecule has 26 heavy (non-hydrogen) atoms. The zero-order chi connectivity index (χ0) is 19.0. The van der Waals surface area contributed by atoms with Gasteiger partial charge in [-0.2, -0.15) is 0 Å². The van der Waals surface area contributed by atoms with Gasteiger partial charge in [-0.25, -0.2) is 4.98 Å². The van der Waals surface area contributed by atoms with Crippen LogP contribution in [0.15, 0.2) is 26.7 Å². The summed E-state index contributed by atoms with van der Waals surface area (Å²) in [7, 11) is 0. The molecule has 0 aliphatic carbocycles. The van der Waals surface area contributed by atoms with Crippen LogP contribution in [0, 0.1) is 13.8 Å². The highest BCUT2D eigenvalue weighted by Crippen LogP contribution is 2.33. The average molecular weight is 373 g/mol. The number of fused-ring (bicyclic) bond motifs is 1. The minimum Gasteiger partial charge on any atom is -0.460 e. The Balaban J connectivity index is 2.33. The van der Waals surface area contributed by atoms with Crippen molar-refractivity contribution >= 4 is 34.2 Å². The number of benzene rings is 1. The van der Waals surface area contributed by atoms with Crippen molar-refractivity contribution in [2.75, 3.05) is 0 Å². The molecule has 0 N–H and O–H groups in total. The highest BCUT2D eigenvalue weighted by atomic mass is 32.1. The third-order valence-electron chi connectivity index (χ3n) is 3.50. The van der Waals surface area contributed by atoms with Crippen LogP contribution in [0.5, 0.6) is 11.5 Å². The molecule has 0 fully saturated rings. The van der Waals surface area contributed by atoms with Crippen LogP contribution < -0.4 is 14.9 Å². The summed E-state index contributed by atoms with van der Waals surface area (Å²) in [6.45, 7) is 5.94. The van der Waals surface area contributed by atoms with Crippen LogP contribution in [0.4, 0.5) is 0 Å². The molecule has 8 heteroatoms. The van der Waals surface area contributed by atoms with Crippen LogP contribution in [0.3, 0.4) is 0 Å². The highest BCUT2D eigenvalue weighted by Gasteiger charge is 2.21. The third-order valence-corrected chi connectivity index (χ3v) is 4.27. The number of esters is 2. The average Bonchev–Trinajstić information content (AvgIpc) is 2.91. The van der Waals surface area contributed by atoms with E-state index >= 15 is 0 Å². The van der Waals surface area contributed by atoms with Gasteiger partial charge < -0.3 is 13.9 Å². The molecule has 0 aliphatic heterocycles. The van der Waals surface area contributed by atoms with Crippen LogP contribution in [0.25, 0.3) is 22.2 Å². The van der Waals surface area contributed by atoms with Crippen molar-refractivity contribution in [3.63, 3.8) is 0 Å². The molecule has 1 aromatic carbocycles. The molecule has 0 saturated heterocycles. The standard InChI is InChI=1S/C18H15NO6S/c1-8-16(13-7-26-9(2)19-13)18(22)17-14(23-8)5-12(24-10(3)20)6-15(17)25-11(4)21/h5-7H,1-4H3. The number of hydrogen-bond acceptors (Lipinski definition) is 8. The number of nitrogens with zero attached hydrogens (tertiary/aromatic N) is 1. The molecule has 3 rings (SSSR count). The molecule has 0 atom stereocenters. The van der Waals surface area contributed by atoms with E-state index in [0.717, 1.165) is 5.01 Å². The number of hydrogen-bond donors (Lipinski definition) is 0. The number of thiazole rings is 1. The Hall–Kier alpha value is -3.00. The van der Waals surface area contributed by atoms with Gasteiger partial charge in [-0.1, -0.05) is 0 Å². The molecule has 0 radical (unpaired) electrons. The minimum atomic E-state index is -0.614. The molecular formula is C18H15NO6S. The second-order valence-corrected chi connectivity index (χ2v) is 6.66.